The van der Waals surface area contributed by atoms with Crippen molar-refractivity contribution >= 4 is 34.0 Å². The van der Waals surface area contributed by atoms with Crippen LogP contribution in [0.1, 0.15) is 47.6 Å². The summed E-state index contributed by atoms with van der Waals surface area (Å²) in [4.78, 5) is 19.2. The molecule has 0 fully saturated rings. The Balaban J connectivity index is 2.02. The second-order valence-corrected chi connectivity index (χ2v) is 5.65. The van der Waals surface area contributed by atoms with Gasteiger partial charge in [-0.3, -0.25) is 0 Å². The summed E-state index contributed by atoms with van der Waals surface area (Å²) in [6.07, 6.45) is 1.88. The Hall–Kier alpha value is -1.54. The van der Waals surface area contributed by atoms with Gasteiger partial charge in [-0.2, -0.15) is 4.37 Å². The number of aryl methyl sites for hydroxylation is 1. The Kier molecular flexibility index (Phi) is 4.43. The minimum Gasteiger partial charge on any atom is -0.476 e. The second kappa shape index (κ2) is 6.07. The van der Waals surface area contributed by atoms with Gasteiger partial charge >= 0.3 is 5.97 Å². The fourth-order valence-corrected chi connectivity index (χ4v) is 2.97. The van der Waals surface area contributed by atoms with Crippen molar-refractivity contribution in [3.63, 3.8) is 0 Å². The number of thiazole rings is 1. The van der Waals surface area contributed by atoms with Crippen LogP contribution in [0.3, 0.4) is 0 Å². The van der Waals surface area contributed by atoms with E-state index >= 15 is 0 Å². The third kappa shape index (κ3) is 3.48. The number of aromatic carboxylic acids is 1. The third-order valence-electron chi connectivity index (χ3n) is 2.39. The van der Waals surface area contributed by atoms with Crippen molar-refractivity contribution < 1.29 is 9.90 Å². The fourth-order valence-electron chi connectivity index (χ4n) is 1.47. The lowest BCUT2D eigenvalue weighted by Crippen LogP contribution is -2.07. The van der Waals surface area contributed by atoms with E-state index in [1.165, 1.54) is 22.9 Å². The van der Waals surface area contributed by atoms with Gasteiger partial charge < -0.3 is 10.4 Å². The molecule has 0 aromatic carbocycles. The van der Waals surface area contributed by atoms with Gasteiger partial charge in [-0.25, -0.2) is 14.8 Å². The Morgan fingerprint density at radius 1 is 1.53 bits per heavy atom. The zero-order valence-corrected chi connectivity index (χ0v) is 12.2. The maximum atomic E-state index is 10.8. The maximum absolute atomic E-state index is 10.8. The van der Waals surface area contributed by atoms with Gasteiger partial charge in [0.25, 0.3) is 0 Å². The van der Waals surface area contributed by atoms with Crippen LogP contribution in [-0.4, -0.2) is 25.4 Å². The maximum Gasteiger partial charge on any atom is 0.355 e. The summed E-state index contributed by atoms with van der Waals surface area (Å²) in [5.41, 5.74) is 0.0811. The molecule has 0 aliphatic rings. The summed E-state index contributed by atoms with van der Waals surface area (Å²) in [6.45, 7) is 4.01. The molecule has 2 N–H and O–H groups in total. The van der Waals surface area contributed by atoms with Crippen LogP contribution in [0.15, 0.2) is 5.38 Å². The first-order valence-corrected chi connectivity index (χ1v) is 7.53. The van der Waals surface area contributed by atoms with E-state index in [0.29, 0.717) is 0 Å². The highest BCUT2D eigenvalue weighted by molar-refractivity contribution is 7.10. The molecule has 8 heteroatoms. The van der Waals surface area contributed by atoms with E-state index in [1.54, 1.807) is 5.38 Å². The van der Waals surface area contributed by atoms with Gasteiger partial charge in [0.2, 0.25) is 5.13 Å². The molecule has 6 nitrogen and oxygen atoms in total. The van der Waals surface area contributed by atoms with Crippen LogP contribution in [0.5, 0.6) is 0 Å². The number of rotatable bonds is 6. The van der Waals surface area contributed by atoms with Gasteiger partial charge in [0.15, 0.2) is 5.69 Å². The average molecular weight is 298 g/mol. The van der Waals surface area contributed by atoms with E-state index in [2.05, 4.69) is 26.6 Å². The average Bonchev–Trinajstić information content (AvgIpc) is 2.98. The van der Waals surface area contributed by atoms with Crippen molar-refractivity contribution in [2.45, 2.75) is 32.7 Å². The SMILES string of the molecule is CCCc1nsc(NC(C)c2nc(C(=O)O)cs2)n1. The number of carboxylic acids is 1. The van der Waals surface area contributed by atoms with Crippen molar-refractivity contribution in [3.8, 4) is 0 Å². The van der Waals surface area contributed by atoms with E-state index in [9.17, 15) is 4.79 Å². The van der Waals surface area contributed by atoms with E-state index in [1.807, 2.05) is 6.92 Å². The molecule has 0 bridgehead atoms. The highest BCUT2D eigenvalue weighted by Crippen LogP contribution is 2.23. The van der Waals surface area contributed by atoms with Gasteiger partial charge in [-0.15, -0.1) is 11.3 Å². The molecular formula is C11H14N4O2S2. The predicted octanol–water partition coefficient (Wildman–Crippen LogP) is 2.82. The quantitative estimate of drug-likeness (QED) is 0.852. The van der Waals surface area contributed by atoms with Crippen molar-refractivity contribution in [1.29, 1.82) is 0 Å². The third-order valence-corrected chi connectivity index (χ3v) is 4.10. The smallest absolute Gasteiger partial charge is 0.355 e. The van der Waals surface area contributed by atoms with Crippen molar-refractivity contribution in [3.05, 3.63) is 21.9 Å². The summed E-state index contributed by atoms with van der Waals surface area (Å²) in [5.74, 6) is -0.164. The summed E-state index contributed by atoms with van der Waals surface area (Å²) < 4.78 is 4.24. The number of nitrogens with one attached hydrogen (secondary N) is 1. The first kappa shape index (κ1) is 13.9. The minimum atomic E-state index is -1.00. The first-order valence-electron chi connectivity index (χ1n) is 5.88. The molecule has 2 aromatic rings. The van der Waals surface area contributed by atoms with Crippen LogP contribution in [0, 0.1) is 0 Å². The number of carboxylic acid groups (broad SMARTS) is 1. The molecule has 2 aromatic heterocycles. The van der Waals surface area contributed by atoms with Crippen LogP contribution in [0.4, 0.5) is 5.13 Å². The molecule has 0 saturated carbocycles. The molecule has 2 rings (SSSR count). The lowest BCUT2D eigenvalue weighted by molar-refractivity contribution is 0.0691. The molecule has 1 unspecified atom stereocenters. The molecule has 0 aliphatic carbocycles. The fraction of sp³-hybridized carbons (Fsp3) is 0.455. The van der Waals surface area contributed by atoms with E-state index in [0.717, 1.165) is 28.8 Å². The molecule has 2 heterocycles. The molecule has 0 amide bonds. The predicted molar refractivity (Wildman–Crippen MR) is 75.0 cm³/mol. The van der Waals surface area contributed by atoms with Gasteiger partial charge in [-0.05, 0) is 13.3 Å². The molecule has 0 radical (unpaired) electrons. The van der Waals surface area contributed by atoms with Crippen molar-refractivity contribution in [1.82, 2.24) is 14.3 Å². The number of hydrogen-bond donors (Lipinski definition) is 2. The van der Waals surface area contributed by atoms with Gasteiger partial charge in [0.05, 0.1) is 6.04 Å². The highest BCUT2D eigenvalue weighted by Gasteiger charge is 2.15. The summed E-state index contributed by atoms with van der Waals surface area (Å²) >= 11 is 2.64. The lowest BCUT2D eigenvalue weighted by Gasteiger charge is -2.08. The van der Waals surface area contributed by atoms with Crippen LogP contribution in [0.2, 0.25) is 0 Å². The van der Waals surface area contributed by atoms with Crippen LogP contribution in [-0.2, 0) is 6.42 Å². The van der Waals surface area contributed by atoms with Crippen LogP contribution in [0.25, 0.3) is 0 Å². The van der Waals surface area contributed by atoms with Gasteiger partial charge in [0, 0.05) is 23.3 Å². The minimum absolute atomic E-state index is 0.0811. The van der Waals surface area contributed by atoms with Crippen LogP contribution >= 0.6 is 22.9 Å². The number of nitrogens with zero attached hydrogens (tertiary/aromatic N) is 3. The van der Waals surface area contributed by atoms with Crippen molar-refractivity contribution in [2.75, 3.05) is 5.32 Å². The number of aromatic nitrogens is 3. The highest BCUT2D eigenvalue weighted by atomic mass is 32.1. The van der Waals surface area contributed by atoms with E-state index in [4.69, 9.17) is 5.11 Å². The monoisotopic (exact) mass is 298 g/mol. The van der Waals surface area contributed by atoms with Gasteiger partial charge in [0.1, 0.15) is 10.8 Å². The number of hydrogen-bond acceptors (Lipinski definition) is 7. The standard InChI is InChI=1S/C11H14N4O2S2/c1-3-4-8-14-11(19-15-8)12-6(2)9-13-7(5-18-9)10(16)17/h5-6H,3-4H2,1-2H3,(H,16,17)(H,12,14,15). The number of carbonyl (C=O) groups is 1. The molecular weight excluding hydrogens is 284 g/mol. The van der Waals surface area contributed by atoms with Crippen molar-refractivity contribution in [2.24, 2.45) is 0 Å². The molecule has 0 aliphatic heterocycles. The Morgan fingerprint density at radius 3 is 2.95 bits per heavy atom. The molecule has 1 atom stereocenters. The van der Waals surface area contributed by atoms with E-state index in [-0.39, 0.29) is 11.7 Å². The molecule has 19 heavy (non-hydrogen) atoms. The molecule has 0 spiro atoms. The van der Waals surface area contributed by atoms with Gasteiger partial charge in [-0.1, -0.05) is 6.92 Å². The van der Waals surface area contributed by atoms with E-state index < -0.39 is 5.97 Å². The Labute approximate surface area is 118 Å². The number of anilines is 1. The Morgan fingerprint density at radius 2 is 2.32 bits per heavy atom. The largest absolute Gasteiger partial charge is 0.476 e. The molecule has 0 saturated heterocycles. The van der Waals surface area contributed by atoms with Crippen LogP contribution < -0.4 is 5.32 Å². The first-order chi connectivity index (χ1) is 9.10. The molecule has 102 valence electrons. The summed E-state index contributed by atoms with van der Waals surface area (Å²) in [5, 5.41) is 15.0. The Bertz CT molecular complexity index is 567. The summed E-state index contributed by atoms with van der Waals surface area (Å²) in [6, 6.07) is -0.0828. The second-order valence-electron chi connectivity index (χ2n) is 4.01. The summed E-state index contributed by atoms with van der Waals surface area (Å²) in [7, 11) is 0. The lowest BCUT2D eigenvalue weighted by atomic mass is 10.3. The zero-order chi connectivity index (χ0) is 13.8. The normalized spacial score (nSPS) is 12.3. The zero-order valence-electron chi connectivity index (χ0n) is 10.6. The topological polar surface area (TPSA) is 88.0 Å².